The molecule has 1 aromatic carbocycles. The average molecular weight is 270 g/mol. The van der Waals surface area contributed by atoms with Gasteiger partial charge in [-0.25, -0.2) is 9.78 Å². The minimum absolute atomic E-state index is 0.0762. The Bertz CT molecular complexity index is 594. The number of hydrogen-bond acceptors (Lipinski definition) is 3. The number of benzene rings is 1. The number of aromatic nitrogens is 1. The molecule has 0 fully saturated rings. The number of rotatable bonds is 5. The Hall–Kier alpha value is -2.20. The van der Waals surface area contributed by atoms with E-state index in [-0.39, 0.29) is 11.7 Å². The first kappa shape index (κ1) is 14.2. The lowest BCUT2D eigenvalue weighted by Gasteiger charge is -2.14. The SMILES string of the molecule is Cc1ccc(C(C)NCc2cccc(C(=O)O)n2)cc1. The first-order chi connectivity index (χ1) is 9.56. The number of nitrogens with zero attached hydrogens (tertiary/aromatic N) is 1. The molecule has 20 heavy (non-hydrogen) atoms. The summed E-state index contributed by atoms with van der Waals surface area (Å²) in [6, 6.07) is 13.6. The van der Waals surface area contributed by atoms with Gasteiger partial charge in [0.2, 0.25) is 0 Å². The molecule has 1 heterocycles. The van der Waals surface area contributed by atoms with Crippen LogP contribution in [0.25, 0.3) is 0 Å². The largest absolute Gasteiger partial charge is 0.477 e. The molecule has 0 aliphatic heterocycles. The second kappa shape index (κ2) is 6.30. The van der Waals surface area contributed by atoms with Crippen molar-refractivity contribution < 1.29 is 9.90 Å². The zero-order valence-corrected chi connectivity index (χ0v) is 11.6. The summed E-state index contributed by atoms with van der Waals surface area (Å²) in [7, 11) is 0. The molecule has 2 aromatic rings. The van der Waals surface area contributed by atoms with Crippen LogP contribution >= 0.6 is 0 Å². The van der Waals surface area contributed by atoms with Crippen LogP contribution in [0.5, 0.6) is 0 Å². The number of aryl methyl sites for hydroxylation is 1. The first-order valence-electron chi connectivity index (χ1n) is 6.55. The summed E-state index contributed by atoms with van der Waals surface area (Å²) in [6.07, 6.45) is 0. The molecule has 4 nitrogen and oxygen atoms in total. The van der Waals surface area contributed by atoms with Gasteiger partial charge in [-0.3, -0.25) is 0 Å². The number of carbonyl (C=O) groups is 1. The number of hydrogen-bond donors (Lipinski definition) is 2. The van der Waals surface area contributed by atoms with Gasteiger partial charge < -0.3 is 10.4 Å². The number of nitrogens with one attached hydrogen (secondary N) is 1. The van der Waals surface area contributed by atoms with E-state index in [1.165, 1.54) is 17.2 Å². The fourth-order valence-electron chi connectivity index (χ4n) is 1.93. The third kappa shape index (κ3) is 3.65. The van der Waals surface area contributed by atoms with Gasteiger partial charge in [-0.2, -0.15) is 0 Å². The lowest BCUT2D eigenvalue weighted by atomic mass is 10.1. The van der Waals surface area contributed by atoms with Crippen LogP contribution in [0.1, 0.15) is 40.3 Å². The van der Waals surface area contributed by atoms with E-state index < -0.39 is 5.97 Å². The first-order valence-corrected chi connectivity index (χ1v) is 6.55. The van der Waals surface area contributed by atoms with Crippen LogP contribution in [-0.2, 0) is 6.54 Å². The van der Waals surface area contributed by atoms with Crippen molar-refractivity contribution in [2.75, 3.05) is 0 Å². The van der Waals surface area contributed by atoms with Crippen molar-refractivity contribution in [3.63, 3.8) is 0 Å². The maximum Gasteiger partial charge on any atom is 0.354 e. The fraction of sp³-hybridized carbons (Fsp3) is 0.250. The standard InChI is InChI=1S/C16H18N2O2/c1-11-6-8-13(9-7-11)12(2)17-10-14-4-3-5-15(18-14)16(19)20/h3-9,12,17H,10H2,1-2H3,(H,19,20). The average Bonchev–Trinajstić information content (AvgIpc) is 2.46. The molecule has 2 N–H and O–H groups in total. The molecule has 1 aromatic heterocycles. The van der Waals surface area contributed by atoms with Gasteiger partial charge in [0.1, 0.15) is 5.69 Å². The molecular formula is C16H18N2O2. The molecule has 0 saturated carbocycles. The molecule has 0 aliphatic rings. The molecule has 0 aliphatic carbocycles. The van der Waals surface area contributed by atoms with E-state index in [2.05, 4.69) is 48.4 Å². The minimum atomic E-state index is -1.00. The molecule has 0 spiro atoms. The highest BCUT2D eigenvalue weighted by atomic mass is 16.4. The van der Waals surface area contributed by atoms with Crippen LogP contribution in [0.15, 0.2) is 42.5 Å². The van der Waals surface area contributed by atoms with Crippen molar-refractivity contribution in [3.8, 4) is 0 Å². The normalized spacial score (nSPS) is 12.1. The fourth-order valence-corrected chi connectivity index (χ4v) is 1.93. The molecule has 2 rings (SSSR count). The van der Waals surface area contributed by atoms with E-state index in [0.29, 0.717) is 6.54 Å². The minimum Gasteiger partial charge on any atom is -0.477 e. The van der Waals surface area contributed by atoms with Gasteiger partial charge in [0.15, 0.2) is 0 Å². The maximum absolute atomic E-state index is 10.9. The third-order valence-electron chi connectivity index (χ3n) is 3.19. The summed E-state index contributed by atoms with van der Waals surface area (Å²) in [5.74, 6) is -1.00. The van der Waals surface area contributed by atoms with Crippen molar-refractivity contribution in [1.29, 1.82) is 0 Å². The molecule has 0 amide bonds. The van der Waals surface area contributed by atoms with Crippen LogP contribution < -0.4 is 5.32 Å². The Balaban J connectivity index is 1.99. The predicted molar refractivity (Wildman–Crippen MR) is 77.6 cm³/mol. The van der Waals surface area contributed by atoms with Crippen molar-refractivity contribution in [3.05, 3.63) is 65.0 Å². The summed E-state index contributed by atoms with van der Waals surface area (Å²) >= 11 is 0. The highest BCUT2D eigenvalue weighted by Crippen LogP contribution is 2.13. The second-order valence-electron chi connectivity index (χ2n) is 4.83. The van der Waals surface area contributed by atoms with Crippen molar-refractivity contribution in [1.82, 2.24) is 10.3 Å². The molecule has 0 bridgehead atoms. The van der Waals surface area contributed by atoms with Gasteiger partial charge >= 0.3 is 5.97 Å². The second-order valence-corrected chi connectivity index (χ2v) is 4.83. The van der Waals surface area contributed by atoms with Crippen LogP contribution in [0.4, 0.5) is 0 Å². The molecule has 0 saturated heterocycles. The van der Waals surface area contributed by atoms with Gasteiger partial charge in [0, 0.05) is 12.6 Å². The molecule has 104 valence electrons. The van der Waals surface area contributed by atoms with Crippen molar-refractivity contribution in [2.45, 2.75) is 26.4 Å². The summed E-state index contributed by atoms with van der Waals surface area (Å²) in [6.45, 7) is 4.67. The topological polar surface area (TPSA) is 62.2 Å². The zero-order chi connectivity index (χ0) is 14.5. The Morgan fingerprint density at radius 2 is 1.95 bits per heavy atom. The van der Waals surface area contributed by atoms with Crippen molar-refractivity contribution >= 4 is 5.97 Å². The lowest BCUT2D eigenvalue weighted by Crippen LogP contribution is -2.19. The van der Waals surface area contributed by atoms with E-state index >= 15 is 0 Å². The quantitative estimate of drug-likeness (QED) is 0.877. The Morgan fingerprint density at radius 1 is 1.25 bits per heavy atom. The number of pyridine rings is 1. The van der Waals surface area contributed by atoms with Gasteiger partial charge in [-0.1, -0.05) is 35.9 Å². The maximum atomic E-state index is 10.9. The molecule has 0 radical (unpaired) electrons. The summed E-state index contributed by atoms with van der Waals surface area (Å²) in [4.78, 5) is 15.0. The van der Waals surface area contributed by atoms with Crippen LogP contribution in [0.3, 0.4) is 0 Å². The van der Waals surface area contributed by atoms with E-state index in [0.717, 1.165) is 5.69 Å². The van der Waals surface area contributed by atoms with Gasteiger partial charge in [0.05, 0.1) is 5.69 Å². The molecular weight excluding hydrogens is 252 g/mol. The predicted octanol–water partition coefficient (Wildman–Crippen LogP) is 2.94. The van der Waals surface area contributed by atoms with E-state index in [4.69, 9.17) is 5.11 Å². The summed E-state index contributed by atoms with van der Waals surface area (Å²) in [5.41, 5.74) is 3.23. The monoisotopic (exact) mass is 270 g/mol. The lowest BCUT2D eigenvalue weighted by molar-refractivity contribution is 0.0690. The Labute approximate surface area is 118 Å². The van der Waals surface area contributed by atoms with Crippen LogP contribution in [0.2, 0.25) is 0 Å². The zero-order valence-electron chi connectivity index (χ0n) is 11.6. The van der Waals surface area contributed by atoms with E-state index in [1.54, 1.807) is 6.07 Å². The Morgan fingerprint density at radius 3 is 2.60 bits per heavy atom. The number of aromatic carboxylic acids is 1. The third-order valence-corrected chi connectivity index (χ3v) is 3.19. The van der Waals surface area contributed by atoms with Gasteiger partial charge in [0.25, 0.3) is 0 Å². The van der Waals surface area contributed by atoms with Crippen LogP contribution in [0, 0.1) is 6.92 Å². The summed E-state index contributed by atoms with van der Waals surface area (Å²) < 4.78 is 0. The van der Waals surface area contributed by atoms with Crippen LogP contribution in [-0.4, -0.2) is 16.1 Å². The molecule has 4 heteroatoms. The Kier molecular flexibility index (Phi) is 4.48. The highest BCUT2D eigenvalue weighted by molar-refractivity contribution is 5.85. The smallest absolute Gasteiger partial charge is 0.354 e. The molecule has 1 atom stereocenters. The molecule has 1 unspecified atom stereocenters. The number of carboxylic acids is 1. The van der Waals surface area contributed by atoms with E-state index in [9.17, 15) is 4.79 Å². The van der Waals surface area contributed by atoms with Gasteiger partial charge in [-0.05, 0) is 31.5 Å². The van der Waals surface area contributed by atoms with Crippen molar-refractivity contribution in [2.24, 2.45) is 0 Å². The number of carboxylic acid groups (broad SMARTS) is 1. The summed E-state index contributed by atoms with van der Waals surface area (Å²) in [5, 5.41) is 12.3. The van der Waals surface area contributed by atoms with Gasteiger partial charge in [-0.15, -0.1) is 0 Å². The highest BCUT2D eigenvalue weighted by Gasteiger charge is 2.07. The van der Waals surface area contributed by atoms with E-state index in [1.807, 2.05) is 6.07 Å².